The van der Waals surface area contributed by atoms with Crippen LogP contribution in [0.1, 0.15) is 24.2 Å². The Morgan fingerprint density at radius 2 is 1.75 bits per heavy atom. The van der Waals surface area contributed by atoms with E-state index in [-0.39, 0.29) is 0 Å². The summed E-state index contributed by atoms with van der Waals surface area (Å²) in [5, 5.41) is 13.5. The standard InChI is InChI=1S/C19H25NO4/c1-4-24-18-10-5-14(11-19(18)23-3)12-20-13-17(21)15-6-8-16(22-2)9-7-15/h5-11,17,20-21H,4,12-13H2,1-3H3/t17-/m1/s1. The lowest BCUT2D eigenvalue weighted by atomic mass is 10.1. The molecule has 24 heavy (non-hydrogen) atoms. The summed E-state index contributed by atoms with van der Waals surface area (Å²) in [6, 6.07) is 13.2. The van der Waals surface area contributed by atoms with E-state index in [0.29, 0.717) is 25.4 Å². The number of ether oxygens (including phenoxy) is 3. The highest BCUT2D eigenvalue weighted by atomic mass is 16.5. The largest absolute Gasteiger partial charge is 0.497 e. The van der Waals surface area contributed by atoms with Gasteiger partial charge in [-0.25, -0.2) is 0 Å². The molecule has 2 rings (SSSR count). The second-order valence-electron chi connectivity index (χ2n) is 5.34. The molecule has 0 aromatic heterocycles. The van der Waals surface area contributed by atoms with Crippen molar-refractivity contribution in [2.45, 2.75) is 19.6 Å². The molecule has 0 aliphatic rings. The van der Waals surface area contributed by atoms with Gasteiger partial charge in [0.2, 0.25) is 0 Å². The molecule has 0 saturated heterocycles. The molecule has 1 atom stereocenters. The summed E-state index contributed by atoms with van der Waals surface area (Å²) >= 11 is 0. The van der Waals surface area contributed by atoms with Crippen LogP contribution < -0.4 is 19.5 Å². The highest BCUT2D eigenvalue weighted by Gasteiger charge is 2.08. The molecule has 130 valence electrons. The van der Waals surface area contributed by atoms with E-state index in [1.54, 1.807) is 14.2 Å². The van der Waals surface area contributed by atoms with Crippen LogP contribution in [-0.2, 0) is 6.54 Å². The molecule has 0 amide bonds. The Hall–Kier alpha value is -2.24. The molecule has 0 spiro atoms. The van der Waals surface area contributed by atoms with E-state index in [9.17, 15) is 5.11 Å². The van der Waals surface area contributed by atoms with E-state index < -0.39 is 6.10 Å². The minimum absolute atomic E-state index is 0.460. The van der Waals surface area contributed by atoms with Crippen molar-refractivity contribution in [3.05, 3.63) is 53.6 Å². The molecule has 0 bridgehead atoms. The van der Waals surface area contributed by atoms with Crippen molar-refractivity contribution in [3.8, 4) is 17.2 Å². The molecule has 0 unspecified atom stereocenters. The molecular weight excluding hydrogens is 306 g/mol. The van der Waals surface area contributed by atoms with Crippen molar-refractivity contribution in [2.24, 2.45) is 0 Å². The molecule has 0 radical (unpaired) electrons. The van der Waals surface area contributed by atoms with Gasteiger partial charge in [-0.1, -0.05) is 18.2 Å². The van der Waals surface area contributed by atoms with Crippen LogP contribution in [0.3, 0.4) is 0 Å². The lowest BCUT2D eigenvalue weighted by Crippen LogP contribution is -2.21. The van der Waals surface area contributed by atoms with Crippen molar-refractivity contribution in [3.63, 3.8) is 0 Å². The number of rotatable bonds is 9. The number of hydrogen-bond donors (Lipinski definition) is 2. The molecule has 2 aromatic carbocycles. The zero-order chi connectivity index (χ0) is 17.4. The fraction of sp³-hybridized carbons (Fsp3) is 0.368. The number of nitrogens with one attached hydrogen (secondary N) is 1. The maximum absolute atomic E-state index is 10.2. The predicted octanol–water partition coefficient (Wildman–Crippen LogP) is 2.93. The molecular formula is C19H25NO4. The van der Waals surface area contributed by atoms with Crippen LogP contribution in [0.25, 0.3) is 0 Å². The van der Waals surface area contributed by atoms with Gasteiger partial charge in [-0.3, -0.25) is 0 Å². The topological polar surface area (TPSA) is 60.0 Å². The van der Waals surface area contributed by atoms with Gasteiger partial charge in [0.25, 0.3) is 0 Å². The average molecular weight is 331 g/mol. The Balaban J connectivity index is 1.88. The van der Waals surface area contributed by atoms with Crippen molar-refractivity contribution in [2.75, 3.05) is 27.4 Å². The van der Waals surface area contributed by atoms with Gasteiger partial charge in [-0.2, -0.15) is 0 Å². The number of aliphatic hydroxyl groups is 1. The third kappa shape index (κ3) is 4.88. The van der Waals surface area contributed by atoms with Crippen LogP contribution in [0, 0.1) is 0 Å². The van der Waals surface area contributed by atoms with Crippen LogP contribution in [0.4, 0.5) is 0 Å². The monoisotopic (exact) mass is 331 g/mol. The molecule has 0 fully saturated rings. The van der Waals surface area contributed by atoms with Crippen LogP contribution in [0.15, 0.2) is 42.5 Å². The zero-order valence-electron chi connectivity index (χ0n) is 14.4. The summed E-state index contributed by atoms with van der Waals surface area (Å²) in [7, 11) is 3.25. The maximum atomic E-state index is 10.2. The van der Waals surface area contributed by atoms with Crippen molar-refractivity contribution >= 4 is 0 Å². The predicted molar refractivity (Wildman–Crippen MR) is 93.8 cm³/mol. The van der Waals surface area contributed by atoms with Gasteiger partial charge >= 0.3 is 0 Å². The summed E-state index contributed by atoms with van der Waals surface area (Å²) in [5.74, 6) is 2.23. The molecule has 5 heteroatoms. The van der Waals surface area contributed by atoms with Gasteiger partial charge in [0.1, 0.15) is 5.75 Å². The third-order valence-electron chi connectivity index (χ3n) is 3.70. The minimum Gasteiger partial charge on any atom is -0.497 e. The number of methoxy groups -OCH3 is 2. The van der Waals surface area contributed by atoms with Crippen LogP contribution in [-0.4, -0.2) is 32.5 Å². The fourth-order valence-corrected chi connectivity index (χ4v) is 2.39. The molecule has 0 aliphatic heterocycles. The molecule has 0 heterocycles. The lowest BCUT2D eigenvalue weighted by molar-refractivity contribution is 0.174. The van der Waals surface area contributed by atoms with Crippen molar-refractivity contribution in [1.29, 1.82) is 0 Å². The summed E-state index contributed by atoms with van der Waals surface area (Å²) < 4.78 is 16.0. The number of aliphatic hydroxyl groups excluding tert-OH is 1. The molecule has 0 aliphatic carbocycles. The van der Waals surface area contributed by atoms with E-state index in [4.69, 9.17) is 14.2 Å². The average Bonchev–Trinajstić information content (AvgIpc) is 2.63. The van der Waals surface area contributed by atoms with Gasteiger partial charge in [-0.15, -0.1) is 0 Å². The van der Waals surface area contributed by atoms with Gasteiger partial charge in [0.05, 0.1) is 26.9 Å². The van der Waals surface area contributed by atoms with E-state index in [2.05, 4.69) is 5.32 Å². The molecule has 0 saturated carbocycles. The fourth-order valence-electron chi connectivity index (χ4n) is 2.39. The Bertz CT molecular complexity index is 628. The summed E-state index contributed by atoms with van der Waals surface area (Å²) in [5.41, 5.74) is 1.92. The lowest BCUT2D eigenvalue weighted by Gasteiger charge is -2.14. The van der Waals surface area contributed by atoms with Crippen LogP contribution in [0.2, 0.25) is 0 Å². The first-order valence-corrected chi connectivity index (χ1v) is 8.00. The SMILES string of the molecule is CCOc1ccc(CNC[C@@H](O)c2ccc(OC)cc2)cc1OC. The highest BCUT2D eigenvalue weighted by molar-refractivity contribution is 5.43. The van der Waals surface area contributed by atoms with Gasteiger partial charge < -0.3 is 24.6 Å². The van der Waals surface area contributed by atoms with Gasteiger partial charge in [0.15, 0.2) is 11.5 Å². The quantitative estimate of drug-likeness (QED) is 0.740. The molecule has 2 aromatic rings. The van der Waals surface area contributed by atoms with Crippen LogP contribution in [0.5, 0.6) is 17.2 Å². The summed E-state index contributed by atoms with van der Waals surface area (Å²) in [6.07, 6.45) is -0.569. The van der Waals surface area contributed by atoms with E-state index in [0.717, 1.165) is 22.6 Å². The third-order valence-corrected chi connectivity index (χ3v) is 3.70. The number of benzene rings is 2. The summed E-state index contributed by atoms with van der Waals surface area (Å²) in [6.45, 7) is 3.63. The van der Waals surface area contributed by atoms with E-state index in [1.807, 2.05) is 49.4 Å². The first-order chi connectivity index (χ1) is 11.7. The van der Waals surface area contributed by atoms with Crippen molar-refractivity contribution < 1.29 is 19.3 Å². The minimum atomic E-state index is -0.569. The number of hydrogen-bond acceptors (Lipinski definition) is 5. The van der Waals surface area contributed by atoms with E-state index >= 15 is 0 Å². The first-order valence-electron chi connectivity index (χ1n) is 8.00. The van der Waals surface area contributed by atoms with Crippen molar-refractivity contribution in [1.82, 2.24) is 5.32 Å². The zero-order valence-corrected chi connectivity index (χ0v) is 14.4. The van der Waals surface area contributed by atoms with Crippen LogP contribution >= 0.6 is 0 Å². The Morgan fingerprint density at radius 1 is 1.00 bits per heavy atom. The maximum Gasteiger partial charge on any atom is 0.161 e. The van der Waals surface area contributed by atoms with E-state index in [1.165, 1.54) is 0 Å². The second-order valence-corrected chi connectivity index (χ2v) is 5.34. The Morgan fingerprint density at radius 3 is 2.38 bits per heavy atom. The second kappa shape index (κ2) is 9.15. The molecule has 2 N–H and O–H groups in total. The molecule has 5 nitrogen and oxygen atoms in total. The normalized spacial score (nSPS) is 11.8. The Kier molecular flexibility index (Phi) is 6.90. The smallest absolute Gasteiger partial charge is 0.161 e. The van der Waals surface area contributed by atoms with Gasteiger partial charge in [0, 0.05) is 13.1 Å². The first kappa shape index (κ1) is 18.1. The Labute approximate surface area is 143 Å². The highest BCUT2D eigenvalue weighted by Crippen LogP contribution is 2.28. The van der Waals surface area contributed by atoms with Gasteiger partial charge in [-0.05, 0) is 42.3 Å². The summed E-state index contributed by atoms with van der Waals surface area (Å²) in [4.78, 5) is 0.